The summed E-state index contributed by atoms with van der Waals surface area (Å²) in [6.07, 6.45) is 4.26. The molecule has 0 unspecified atom stereocenters. The van der Waals surface area contributed by atoms with E-state index in [1.54, 1.807) is 0 Å². The number of carbonyl (C=O) groups is 1. The van der Waals surface area contributed by atoms with Gasteiger partial charge in [0, 0.05) is 26.1 Å². The van der Waals surface area contributed by atoms with Crippen LogP contribution in [-0.2, 0) is 11.3 Å². The molecule has 0 spiro atoms. The summed E-state index contributed by atoms with van der Waals surface area (Å²) >= 11 is 0. The first-order chi connectivity index (χ1) is 10.2. The van der Waals surface area contributed by atoms with Gasteiger partial charge in [0.1, 0.15) is 0 Å². The molecule has 0 atom stereocenters. The Bertz CT molecular complexity index is 424. The molecule has 1 fully saturated rings. The van der Waals surface area contributed by atoms with Crippen LogP contribution in [0.4, 0.5) is 0 Å². The number of hydrogen-bond donors (Lipinski definition) is 0. The number of nitrogens with zero attached hydrogens (tertiary/aromatic N) is 2. The number of piperidine rings is 1. The van der Waals surface area contributed by atoms with Gasteiger partial charge in [0.05, 0.1) is 0 Å². The first-order valence-corrected chi connectivity index (χ1v) is 8.22. The van der Waals surface area contributed by atoms with E-state index in [0.29, 0.717) is 5.91 Å². The molecule has 1 aliphatic heterocycles. The van der Waals surface area contributed by atoms with Gasteiger partial charge in [0.15, 0.2) is 0 Å². The predicted molar refractivity (Wildman–Crippen MR) is 87.0 cm³/mol. The molecule has 1 saturated heterocycles. The van der Waals surface area contributed by atoms with Gasteiger partial charge in [-0.3, -0.25) is 9.69 Å². The largest absolute Gasteiger partial charge is 0.346 e. The fraction of sp³-hybridized carbons (Fsp3) is 0.611. The monoisotopic (exact) mass is 288 g/mol. The Morgan fingerprint density at radius 2 is 1.90 bits per heavy atom. The van der Waals surface area contributed by atoms with Crippen molar-refractivity contribution in [1.29, 1.82) is 0 Å². The van der Waals surface area contributed by atoms with Crippen molar-refractivity contribution in [3.8, 4) is 0 Å². The molecule has 1 aromatic carbocycles. The maximum Gasteiger partial charge on any atom is 0.225 e. The molecule has 21 heavy (non-hydrogen) atoms. The lowest BCUT2D eigenvalue weighted by Crippen LogP contribution is -2.41. The summed E-state index contributed by atoms with van der Waals surface area (Å²) in [7, 11) is 1.95. The van der Waals surface area contributed by atoms with Crippen LogP contribution in [0.15, 0.2) is 30.3 Å². The minimum atomic E-state index is 0.235. The second kappa shape index (κ2) is 8.18. The number of unbranched alkanes of at least 4 members (excludes halogenated alkanes) is 1. The Kier molecular flexibility index (Phi) is 6.24. The molecule has 3 nitrogen and oxygen atoms in total. The van der Waals surface area contributed by atoms with E-state index in [2.05, 4.69) is 42.2 Å². The SMILES string of the molecule is CCCCN(C)C(=O)C1CCN(Cc2ccccc2)CC1. The van der Waals surface area contributed by atoms with Gasteiger partial charge in [0.2, 0.25) is 5.91 Å². The third-order valence-corrected chi connectivity index (χ3v) is 4.41. The average Bonchev–Trinajstić information content (AvgIpc) is 2.53. The molecule has 0 bridgehead atoms. The highest BCUT2D eigenvalue weighted by molar-refractivity contribution is 5.78. The van der Waals surface area contributed by atoms with E-state index < -0.39 is 0 Å². The van der Waals surface area contributed by atoms with Crippen molar-refractivity contribution in [2.45, 2.75) is 39.2 Å². The number of benzene rings is 1. The minimum Gasteiger partial charge on any atom is -0.346 e. The molecular formula is C18H28N2O. The minimum absolute atomic E-state index is 0.235. The van der Waals surface area contributed by atoms with E-state index in [0.717, 1.165) is 51.9 Å². The molecule has 1 amide bonds. The molecule has 0 N–H and O–H groups in total. The van der Waals surface area contributed by atoms with Gasteiger partial charge in [-0.2, -0.15) is 0 Å². The Balaban J connectivity index is 1.76. The fourth-order valence-electron chi connectivity index (χ4n) is 3.00. The van der Waals surface area contributed by atoms with Crippen LogP contribution < -0.4 is 0 Å². The molecule has 1 heterocycles. The fourth-order valence-corrected chi connectivity index (χ4v) is 3.00. The Labute approximate surface area is 128 Å². The Morgan fingerprint density at radius 3 is 2.52 bits per heavy atom. The lowest BCUT2D eigenvalue weighted by atomic mass is 9.95. The van der Waals surface area contributed by atoms with Crippen molar-refractivity contribution in [3.63, 3.8) is 0 Å². The first-order valence-electron chi connectivity index (χ1n) is 8.22. The zero-order chi connectivity index (χ0) is 15.1. The molecule has 1 aromatic rings. The number of amides is 1. The molecule has 116 valence electrons. The number of carbonyl (C=O) groups excluding carboxylic acids is 1. The van der Waals surface area contributed by atoms with Gasteiger partial charge in [-0.1, -0.05) is 43.7 Å². The van der Waals surface area contributed by atoms with Gasteiger partial charge in [0.25, 0.3) is 0 Å². The average molecular weight is 288 g/mol. The molecule has 1 aliphatic rings. The summed E-state index contributed by atoms with van der Waals surface area (Å²) in [6.45, 7) is 6.15. The van der Waals surface area contributed by atoms with Crippen molar-refractivity contribution < 1.29 is 4.79 Å². The Hall–Kier alpha value is -1.35. The maximum absolute atomic E-state index is 12.4. The molecule has 0 radical (unpaired) electrons. The van der Waals surface area contributed by atoms with E-state index in [1.165, 1.54) is 5.56 Å². The van der Waals surface area contributed by atoms with Crippen LogP contribution in [0.2, 0.25) is 0 Å². The first kappa shape index (κ1) is 16.0. The highest BCUT2D eigenvalue weighted by Gasteiger charge is 2.26. The molecule has 0 aliphatic carbocycles. The van der Waals surface area contributed by atoms with Gasteiger partial charge in [-0.15, -0.1) is 0 Å². The molecular weight excluding hydrogens is 260 g/mol. The van der Waals surface area contributed by atoms with E-state index >= 15 is 0 Å². The zero-order valence-corrected chi connectivity index (χ0v) is 13.4. The van der Waals surface area contributed by atoms with Crippen LogP contribution in [-0.4, -0.2) is 42.4 Å². The smallest absolute Gasteiger partial charge is 0.225 e. The maximum atomic E-state index is 12.4. The van der Waals surface area contributed by atoms with Crippen LogP contribution in [0.1, 0.15) is 38.2 Å². The second-order valence-corrected chi connectivity index (χ2v) is 6.15. The van der Waals surface area contributed by atoms with Crippen molar-refractivity contribution >= 4 is 5.91 Å². The standard InChI is InChI=1S/C18H28N2O/c1-3-4-12-19(2)18(21)17-10-13-20(14-11-17)15-16-8-6-5-7-9-16/h5-9,17H,3-4,10-15H2,1-2H3. The van der Waals surface area contributed by atoms with E-state index in [1.807, 2.05) is 11.9 Å². The second-order valence-electron chi connectivity index (χ2n) is 6.15. The van der Waals surface area contributed by atoms with Gasteiger partial charge < -0.3 is 4.90 Å². The molecule has 0 saturated carbocycles. The lowest BCUT2D eigenvalue weighted by Gasteiger charge is -2.33. The van der Waals surface area contributed by atoms with E-state index in [9.17, 15) is 4.79 Å². The van der Waals surface area contributed by atoms with E-state index in [-0.39, 0.29) is 5.92 Å². The topological polar surface area (TPSA) is 23.6 Å². The summed E-state index contributed by atoms with van der Waals surface area (Å²) in [5, 5.41) is 0. The highest BCUT2D eigenvalue weighted by Crippen LogP contribution is 2.21. The summed E-state index contributed by atoms with van der Waals surface area (Å²) < 4.78 is 0. The summed E-state index contributed by atoms with van der Waals surface area (Å²) in [5.74, 6) is 0.585. The lowest BCUT2D eigenvalue weighted by molar-refractivity contribution is -0.135. The third kappa shape index (κ3) is 4.85. The zero-order valence-electron chi connectivity index (χ0n) is 13.4. The summed E-state index contributed by atoms with van der Waals surface area (Å²) in [5.41, 5.74) is 1.36. The van der Waals surface area contributed by atoms with E-state index in [4.69, 9.17) is 0 Å². The van der Waals surface area contributed by atoms with Crippen LogP contribution in [0.3, 0.4) is 0 Å². The van der Waals surface area contributed by atoms with Crippen LogP contribution in [0, 0.1) is 5.92 Å². The van der Waals surface area contributed by atoms with Crippen molar-refractivity contribution in [2.75, 3.05) is 26.7 Å². The van der Waals surface area contributed by atoms with Crippen molar-refractivity contribution in [2.24, 2.45) is 5.92 Å². The number of rotatable bonds is 6. The highest BCUT2D eigenvalue weighted by atomic mass is 16.2. The van der Waals surface area contributed by atoms with Crippen molar-refractivity contribution in [3.05, 3.63) is 35.9 Å². The Morgan fingerprint density at radius 1 is 1.24 bits per heavy atom. The number of hydrogen-bond acceptors (Lipinski definition) is 2. The third-order valence-electron chi connectivity index (χ3n) is 4.41. The van der Waals surface area contributed by atoms with Gasteiger partial charge in [-0.25, -0.2) is 0 Å². The van der Waals surface area contributed by atoms with Crippen LogP contribution >= 0.6 is 0 Å². The number of likely N-dealkylation sites (tertiary alicyclic amines) is 1. The molecule has 2 rings (SSSR count). The van der Waals surface area contributed by atoms with Crippen LogP contribution in [0.5, 0.6) is 0 Å². The summed E-state index contributed by atoms with van der Waals surface area (Å²) in [6, 6.07) is 10.6. The van der Waals surface area contributed by atoms with Crippen molar-refractivity contribution in [1.82, 2.24) is 9.80 Å². The predicted octanol–water partition coefficient (Wildman–Crippen LogP) is 3.16. The molecule has 3 heteroatoms. The van der Waals surface area contributed by atoms with Crippen LogP contribution in [0.25, 0.3) is 0 Å². The normalized spacial score (nSPS) is 16.9. The molecule has 0 aromatic heterocycles. The summed E-state index contributed by atoms with van der Waals surface area (Å²) in [4.78, 5) is 16.8. The quantitative estimate of drug-likeness (QED) is 0.803. The van der Waals surface area contributed by atoms with Gasteiger partial charge >= 0.3 is 0 Å². The van der Waals surface area contributed by atoms with Gasteiger partial charge in [-0.05, 0) is 37.9 Å².